The van der Waals surface area contributed by atoms with Gasteiger partial charge in [-0.05, 0) is 13.8 Å². The van der Waals surface area contributed by atoms with Crippen LogP contribution in [0, 0.1) is 0 Å². The quantitative estimate of drug-likeness (QED) is 0.742. The highest BCUT2D eigenvalue weighted by molar-refractivity contribution is 7.99. The van der Waals surface area contributed by atoms with Gasteiger partial charge in [-0.3, -0.25) is 9.59 Å². The fourth-order valence-electron chi connectivity index (χ4n) is 1.49. The van der Waals surface area contributed by atoms with Crippen LogP contribution >= 0.6 is 11.8 Å². The molecule has 0 saturated carbocycles. The lowest BCUT2D eigenvalue weighted by atomic mass is 10.3. The summed E-state index contributed by atoms with van der Waals surface area (Å²) in [5, 5.41) is 11.5. The van der Waals surface area contributed by atoms with Crippen molar-refractivity contribution in [3.05, 3.63) is 22.7 Å². The molecule has 1 rings (SSSR count). The third-order valence-corrected chi connectivity index (χ3v) is 3.51. The number of amides is 1. The highest BCUT2D eigenvalue weighted by Crippen LogP contribution is 2.13. The fraction of sp³-hybridized carbons (Fsp3) is 0.500. The first-order valence-electron chi connectivity index (χ1n) is 6.02. The maximum atomic E-state index is 12.1. The second kappa shape index (κ2) is 7.09. The molecule has 0 fully saturated rings. The zero-order valence-electron chi connectivity index (χ0n) is 11.5. The summed E-state index contributed by atoms with van der Waals surface area (Å²) in [5.41, 5.74) is -0.264. The highest BCUT2D eigenvalue weighted by atomic mass is 32.2. The van der Waals surface area contributed by atoms with E-state index in [1.54, 1.807) is 6.20 Å². The van der Waals surface area contributed by atoms with Gasteiger partial charge in [0.1, 0.15) is 6.04 Å². The van der Waals surface area contributed by atoms with Crippen LogP contribution in [0.15, 0.2) is 22.2 Å². The van der Waals surface area contributed by atoms with Gasteiger partial charge in [-0.25, -0.2) is 9.78 Å². The van der Waals surface area contributed by atoms with Crippen LogP contribution in [0.3, 0.4) is 0 Å². The van der Waals surface area contributed by atoms with E-state index in [0.29, 0.717) is 0 Å². The van der Waals surface area contributed by atoms with Crippen molar-refractivity contribution in [1.29, 1.82) is 0 Å². The van der Waals surface area contributed by atoms with Crippen molar-refractivity contribution in [3.8, 4) is 0 Å². The van der Waals surface area contributed by atoms with E-state index < -0.39 is 17.9 Å². The Morgan fingerprint density at radius 2 is 2.15 bits per heavy atom. The van der Waals surface area contributed by atoms with Gasteiger partial charge in [0.2, 0.25) is 5.91 Å². The van der Waals surface area contributed by atoms with Crippen LogP contribution in [0.25, 0.3) is 0 Å². The number of rotatable bonds is 6. The second-order valence-corrected chi connectivity index (χ2v) is 5.45. The van der Waals surface area contributed by atoms with Crippen LogP contribution < -0.4 is 10.9 Å². The Morgan fingerprint density at radius 1 is 1.50 bits per heavy atom. The van der Waals surface area contributed by atoms with E-state index in [-0.39, 0.29) is 22.4 Å². The van der Waals surface area contributed by atoms with Gasteiger partial charge in [-0.2, -0.15) is 0 Å². The van der Waals surface area contributed by atoms with Crippen molar-refractivity contribution >= 4 is 23.6 Å². The number of nitrogens with one attached hydrogen (secondary N) is 1. The van der Waals surface area contributed by atoms with Crippen molar-refractivity contribution in [1.82, 2.24) is 14.9 Å². The van der Waals surface area contributed by atoms with Crippen LogP contribution in [0.4, 0.5) is 0 Å². The number of carbonyl (C=O) groups excluding carboxylic acids is 1. The summed E-state index contributed by atoms with van der Waals surface area (Å²) in [7, 11) is 0. The van der Waals surface area contributed by atoms with Gasteiger partial charge < -0.3 is 15.0 Å². The molecule has 8 heteroatoms. The van der Waals surface area contributed by atoms with Gasteiger partial charge in [-0.15, -0.1) is 0 Å². The summed E-state index contributed by atoms with van der Waals surface area (Å²) >= 11 is 1.02. The number of aliphatic carboxylic acids is 1. The first-order valence-corrected chi connectivity index (χ1v) is 7.01. The molecule has 1 atom stereocenters. The molecule has 1 amide bonds. The standard InChI is InChI=1S/C12H17N3O4S/c1-7(2)15-5-4-13-10(11(15)17)20-6-9(12(18)19)14-8(3)16/h4-5,7,9H,6H2,1-3H3,(H,14,16)(H,18,19)/t9-/m0/s1. The zero-order valence-corrected chi connectivity index (χ0v) is 12.3. The molecular formula is C12H17N3O4S. The SMILES string of the molecule is CC(=O)N[C@@H](CSc1nccn(C(C)C)c1=O)C(=O)O. The summed E-state index contributed by atoms with van der Waals surface area (Å²) in [6.45, 7) is 4.98. The molecule has 0 bridgehead atoms. The molecule has 0 aliphatic heterocycles. The van der Waals surface area contributed by atoms with E-state index in [2.05, 4.69) is 10.3 Å². The molecule has 0 aromatic carbocycles. The molecule has 2 N–H and O–H groups in total. The molecule has 1 aromatic heterocycles. The van der Waals surface area contributed by atoms with Crippen molar-refractivity contribution < 1.29 is 14.7 Å². The van der Waals surface area contributed by atoms with Gasteiger partial charge in [0.05, 0.1) is 0 Å². The molecule has 110 valence electrons. The maximum absolute atomic E-state index is 12.1. The molecule has 0 radical (unpaired) electrons. The lowest BCUT2D eigenvalue weighted by Crippen LogP contribution is -2.41. The van der Waals surface area contributed by atoms with Gasteiger partial charge in [0.25, 0.3) is 5.56 Å². The zero-order chi connectivity index (χ0) is 15.3. The average molecular weight is 299 g/mol. The van der Waals surface area contributed by atoms with E-state index in [1.807, 2.05) is 13.8 Å². The lowest BCUT2D eigenvalue weighted by molar-refractivity contribution is -0.140. The maximum Gasteiger partial charge on any atom is 0.327 e. The Labute approximate surface area is 120 Å². The van der Waals surface area contributed by atoms with Gasteiger partial charge in [0.15, 0.2) is 5.03 Å². The van der Waals surface area contributed by atoms with Crippen molar-refractivity contribution in [2.45, 2.75) is 37.9 Å². The molecular weight excluding hydrogens is 282 g/mol. The molecule has 0 unspecified atom stereocenters. The number of aromatic nitrogens is 2. The Kier molecular flexibility index (Phi) is 5.75. The van der Waals surface area contributed by atoms with Gasteiger partial charge in [0, 0.05) is 31.1 Å². The summed E-state index contributed by atoms with van der Waals surface area (Å²) < 4.78 is 1.52. The molecule has 0 spiro atoms. The Bertz CT molecular complexity index is 556. The van der Waals surface area contributed by atoms with E-state index in [1.165, 1.54) is 17.7 Å². The summed E-state index contributed by atoms with van der Waals surface area (Å²) in [6.07, 6.45) is 3.08. The molecule has 1 heterocycles. The Balaban J connectivity index is 2.83. The molecule has 1 aromatic rings. The number of carbonyl (C=O) groups is 2. The smallest absolute Gasteiger partial charge is 0.327 e. The number of carboxylic acids is 1. The number of hydrogen-bond acceptors (Lipinski definition) is 5. The topological polar surface area (TPSA) is 101 Å². The predicted octanol–water partition coefficient (Wildman–Crippen LogP) is 0.506. The Morgan fingerprint density at radius 3 is 2.65 bits per heavy atom. The predicted molar refractivity (Wildman–Crippen MR) is 74.8 cm³/mol. The first kappa shape index (κ1) is 16.2. The minimum Gasteiger partial charge on any atom is -0.480 e. The molecule has 0 saturated heterocycles. The third-order valence-electron chi connectivity index (χ3n) is 2.46. The van der Waals surface area contributed by atoms with E-state index in [9.17, 15) is 14.4 Å². The van der Waals surface area contributed by atoms with E-state index >= 15 is 0 Å². The van der Waals surface area contributed by atoms with Crippen LogP contribution in [-0.2, 0) is 9.59 Å². The summed E-state index contributed by atoms with van der Waals surface area (Å²) in [6, 6.07) is -1.05. The van der Waals surface area contributed by atoms with Gasteiger partial charge >= 0.3 is 5.97 Å². The first-order chi connectivity index (χ1) is 9.32. The van der Waals surface area contributed by atoms with Crippen molar-refractivity contribution in [2.75, 3.05) is 5.75 Å². The third kappa shape index (κ3) is 4.37. The highest BCUT2D eigenvalue weighted by Gasteiger charge is 2.20. The number of hydrogen-bond donors (Lipinski definition) is 2. The molecule has 0 aliphatic rings. The van der Waals surface area contributed by atoms with Crippen molar-refractivity contribution in [2.24, 2.45) is 0 Å². The fourth-order valence-corrected chi connectivity index (χ4v) is 2.41. The minimum atomic E-state index is -1.15. The molecule has 7 nitrogen and oxygen atoms in total. The monoisotopic (exact) mass is 299 g/mol. The average Bonchev–Trinajstić information content (AvgIpc) is 2.34. The van der Waals surface area contributed by atoms with E-state index in [0.717, 1.165) is 11.8 Å². The molecule has 0 aliphatic carbocycles. The van der Waals surface area contributed by atoms with Crippen LogP contribution in [-0.4, -0.2) is 38.3 Å². The normalized spacial score (nSPS) is 12.2. The minimum absolute atomic E-state index is 0.00420. The molecule has 20 heavy (non-hydrogen) atoms. The lowest BCUT2D eigenvalue weighted by Gasteiger charge is -2.13. The van der Waals surface area contributed by atoms with Crippen LogP contribution in [0.5, 0.6) is 0 Å². The largest absolute Gasteiger partial charge is 0.480 e. The summed E-state index contributed by atoms with van der Waals surface area (Å²) in [4.78, 5) is 37.9. The number of carboxylic acid groups (broad SMARTS) is 1. The van der Waals surface area contributed by atoms with Crippen LogP contribution in [0.2, 0.25) is 0 Å². The summed E-state index contributed by atoms with van der Waals surface area (Å²) in [5.74, 6) is -1.54. The second-order valence-electron chi connectivity index (χ2n) is 4.44. The Hall–Kier alpha value is -1.83. The van der Waals surface area contributed by atoms with Crippen molar-refractivity contribution in [3.63, 3.8) is 0 Å². The van der Waals surface area contributed by atoms with Gasteiger partial charge in [-0.1, -0.05) is 11.8 Å². The number of nitrogens with zero attached hydrogens (tertiary/aromatic N) is 2. The number of thioether (sulfide) groups is 1. The van der Waals surface area contributed by atoms with E-state index in [4.69, 9.17) is 5.11 Å². The van der Waals surface area contributed by atoms with Crippen LogP contribution in [0.1, 0.15) is 26.8 Å².